The van der Waals surface area contributed by atoms with Gasteiger partial charge >= 0.3 is 5.97 Å². The highest BCUT2D eigenvalue weighted by Crippen LogP contribution is 2.26. The molecule has 0 aromatic carbocycles. The van der Waals surface area contributed by atoms with Crippen molar-refractivity contribution in [3.63, 3.8) is 0 Å². The van der Waals surface area contributed by atoms with Crippen molar-refractivity contribution in [2.24, 2.45) is 0 Å². The van der Waals surface area contributed by atoms with E-state index in [1.807, 2.05) is 6.08 Å². The highest BCUT2D eigenvalue weighted by Gasteiger charge is 2.47. The average molecular weight is 1020 g/mol. The molecule has 8 unspecified atom stereocenters. The molecule has 1 rings (SSSR count). The van der Waals surface area contributed by atoms with Crippen LogP contribution in [0.15, 0.2) is 12.2 Å². The van der Waals surface area contributed by atoms with Crippen molar-refractivity contribution in [3.05, 3.63) is 12.2 Å². The second kappa shape index (κ2) is 50.2. The lowest BCUT2D eigenvalue weighted by molar-refractivity contribution is -0.305. The van der Waals surface area contributed by atoms with Crippen molar-refractivity contribution in [1.29, 1.82) is 0 Å². The van der Waals surface area contributed by atoms with Gasteiger partial charge in [0, 0.05) is 6.42 Å². The van der Waals surface area contributed by atoms with Gasteiger partial charge in [-0.2, -0.15) is 0 Å². The van der Waals surface area contributed by atoms with Crippen LogP contribution in [0.2, 0.25) is 0 Å². The molecule has 0 aromatic rings. The SMILES string of the molecule is CCCCCCCCCCC/C=C/C(O)C(COC1OC(CO)C(O)C(O)C1OC(=O)CCCCCCCCCCCCCCCC)NC(=O)C(O)CCCCCCCCCCCCCCCCCCCC. The lowest BCUT2D eigenvalue weighted by Gasteiger charge is -2.41. The Hall–Kier alpha value is -1.60. The molecular weight excluding hydrogens is 907 g/mol. The summed E-state index contributed by atoms with van der Waals surface area (Å²) in [5, 5.41) is 56.9. The summed E-state index contributed by atoms with van der Waals surface area (Å²) in [6.45, 7) is 5.81. The van der Waals surface area contributed by atoms with Crippen LogP contribution in [0.1, 0.15) is 303 Å². The first-order chi connectivity index (χ1) is 35.2. The number of esters is 1. The molecule has 0 aromatic heterocycles. The highest BCUT2D eigenvalue weighted by molar-refractivity contribution is 5.80. The van der Waals surface area contributed by atoms with Crippen LogP contribution in [0.5, 0.6) is 0 Å². The maximum absolute atomic E-state index is 13.4. The molecule has 1 fully saturated rings. The summed E-state index contributed by atoms with van der Waals surface area (Å²) in [6.07, 6.45) is 45.4. The summed E-state index contributed by atoms with van der Waals surface area (Å²) in [6, 6.07) is -1.01. The molecule has 1 aliphatic heterocycles. The molecule has 0 spiro atoms. The van der Waals surface area contributed by atoms with Gasteiger partial charge in [0.25, 0.3) is 0 Å². The van der Waals surface area contributed by atoms with E-state index in [-0.39, 0.29) is 13.0 Å². The second-order valence-corrected chi connectivity index (χ2v) is 21.8. The number of aliphatic hydroxyl groups excluding tert-OH is 5. The number of amides is 1. The average Bonchev–Trinajstić information content (AvgIpc) is 3.38. The summed E-state index contributed by atoms with van der Waals surface area (Å²) in [5.41, 5.74) is 0. The maximum atomic E-state index is 13.4. The summed E-state index contributed by atoms with van der Waals surface area (Å²) in [5.74, 6) is -1.18. The molecule has 1 aliphatic rings. The molecule has 1 saturated heterocycles. The van der Waals surface area contributed by atoms with Crippen molar-refractivity contribution < 1.29 is 49.3 Å². The molecule has 1 amide bonds. The molecule has 1 heterocycles. The minimum Gasteiger partial charge on any atom is -0.454 e. The van der Waals surface area contributed by atoms with Crippen molar-refractivity contribution in [3.8, 4) is 0 Å². The number of aliphatic hydroxyl groups is 5. The number of ether oxygens (including phenoxy) is 3. The first kappa shape index (κ1) is 68.4. The van der Waals surface area contributed by atoms with Crippen molar-refractivity contribution in [2.75, 3.05) is 13.2 Å². The topological polar surface area (TPSA) is 175 Å². The predicted octanol–water partition coefficient (Wildman–Crippen LogP) is 14.3. The van der Waals surface area contributed by atoms with Gasteiger partial charge in [0.15, 0.2) is 12.4 Å². The fourth-order valence-electron chi connectivity index (χ4n) is 10.0. The Labute approximate surface area is 442 Å². The van der Waals surface area contributed by atoms with Crippen molar-refractivity contribution in [2.45, 2.75) is 352 Å². The van der Waals surface area contributed by atoms with E-state index in [4.69, 9.17) is 14.2 Å². The smallest absolute Gasteiger partial charge is 0.306 e. The van der Waals surface area contributed by atoms with Crippen LogP contribution in [-0.2, 0) is 23.8 Å². The Balaban J connectivity index is 2.65. The van der Waals surface area contributed by atoms with Crippen LogP contribution >= 0.6 is 0 Å². The minimum atomic E-state index is -1.61. The van der Waals surface area contributed by atoms with Gasteiger partial charge in [-0.15, -0.1) is 0 Å². The van der Waals surface area contributed by atoms with E-state index in [0.29, 0.717) is 19.3 Å². The van der Waals surface area contributed by atoms with Gasteiger partial charge in [-0.1, -0.05) is 283 Å². The number of hydrogen-bond acceptors (Lipinski definition) is 10. The third-order valence-corrected chi connectivity index (χ3v) is 14.9. The maximum Gasteiger partial charge on any atom is 0.306 e. The van der Waals surface area contributed by atoms with Gasteiger partial charge in [-0.05, 0) is 25.7 Å². The van der Waals surface area contributed by atoms with Gasteiger partial charge in [0.05, 0.1) is 25.4 Å². The Bertz CT molecular complexity index is 1220. The standard InChI is InChI=1S/C61H117NO10/c1-4-7-10-13-16-19-22-24-26-27-28-29-30-33-36-39-42-45-48-54(65)60(69)62-52(53(64)47-44-41-38-35-32-21-18-15-12-9-6-3)51-70-61-59(58(68)57(67)55(50-63)71-61)72-56(66)49-46-43-40-37-34-31-25-23-20-17-14-11-8-5-2/h44,47,52-55,57-59,61,63-65,67-68H,4-43,45-46,48-51H2,1-3H3,(H,62,69)/b47-44+. The summed E-state index contributed by atoms with van der Waals surface area (Å²) in [7, 11) is 0. The fraction of sp³-hybridized carbons (Fsp3) is 0.934. The van der Waals surface area contributed by atoms with E-state index >= 15 is 0 Å². The van der Waals surface area contributed by atoms with Crippen LogP contribution in [0.3, 0.4) is 0 Å². The van der Waals surface area contributed by atoms with E-state index in [0.717, 1.165) is 57.8 Å². The van der Waals surface area contributed by atoms with Gasteiger partial charge in [-0.3, -0.25) is 9.59 Å². The molecule has 0 saturated carbocycles. The van der Waals surface area contributed by atoms with Crippen LogP contribution in [0, 0.1) is 0 Å². The number of carbonyl (C=O) groups excluding carboxylic acids is 2. The Kier molecular flexibility index (Phi) is 47.7. The Morgan fingerprint density at radius 1 is 0.528 bits per heavy atom. The summed E-state index contributed by atoms with van der Waals surface area (Å²) in [4.78, 5) is 26.5. The van der Waals surface area contributed by atoms with Gasteiger partial charge < -0.3 is 45.1 Å². The van der Waals surface area contributed by atoms with Crippen LogP contribution < -0.4 is 5.32 Å². The van der Waals surface area contributed by atoms with E-state index in [9.17, 15) is 35.1 Å². The molecule has 0 bridgehead atoms. The van der Waals surface area contributed by atoms with Crippen LogP contribution in [-0.4, -0.2) is 99.6 Å². The molecule has 6 N–H and O–H groups in total. The zero-order chi connectivity index (χ0) is 52.5. The largest absolute Gasteiger partial charge is 0.454 e. The molecular formula is C61H117NO10. The van der Waals surface area contributed by atoms with Crippen LogP contribution in [0.25, 0.3) is 0 Å². The highest BCUT2D eigenvalue weighted by atomic mass is 16.7. The lowest BCUT2D eigenvalue weighted by atomic mass is 9.99. The molecule has 426 valence electrons. The zero-order valence-corrected chi connectivity index (χ0v) is 47.1. The Morgan fingerprint density at radius 3 is 1.31 bits per heavy atom. The van der Waals surface area contributed by atoms with Crippen molar-refractivity contribution >= 4 is 11.9 Å². The van der Waals surface area contributed by atoms with Crippen molar-refractivity contribution in [1.82, 2.24) is 5.32 Å². The predicted molar refractivity (Wildman–Crippen MR) is 297 cm³/mol. The monoisotopic (exact) mass is 1020 g/mol. The normalized spacial score (nSPS) is 19.5. The molecule has 11 nitrogen and oxygen atoms in total. The number of hydrogen-bond donors (Lipinski definition) is 6. The van der Waals surface area contributed by atoms with E-state index < -0.39 is 67.4 Å². The fourth-order valence-corrected chi connectivity index (χ4v) is 10.0. The van der Waals surface area contributed by atoms with E-state index in [1.54, 1.807) is 6.08 Å². The minimum absolute atomic E-state index is 0.131. The number of carbonyl (C=O) groups is 2. The second-order valence-electron chi connectivity index (χ2n) is 21.8. The van der Waals surface area contributed by atoms with Gasteiger partial charge in [-0.25, -0.2) is 0 Å². The number of unbranched alkanes of at least 4 members (excludes halogenated alkanes) is 39. The van der Waals surface area contributed by atoms with Gasteiger partial charge in [0.2, 0.25) is 5.91 Å². The number of allylic oxidation sites excluding steroid dienone is 1. The molecule has 11 heteroatoms. The lowest BCUT2D eigenvalue weighted by Crippen LogP contribution is -2.61. The molecule has 8 atom stereocenters. The molecule has 0 radical (unpaired) electrons. The van der Waals surface area contributed by atoms with Crippen LogP contribution in [0.4, 0.5) is 0 Å². The number of nitrogens with one attached hydrogen (secondary N) is 1. The first-order valence-corrected chi connectivity index (χ1v) is 31.0. The third kappa shape index (κ3) is 38.0. The summed E-state index contributed by atoms with van der Waals surface area (Å²) < 4.78 is 17.6. The number of rotatable bonds is 53. The first-order valence-electron chi connectivity index (χ1n) is 31.0. The van der Waals surface area contributed by atoms with Gasteiger partial charge in [0.1, 0.15) is 24.4 Å². The quantitative estimate of drug-likeness (QED) is 0.0195. The zero-order valence-electron chi connectivity index (χ0n) is 47.1. The Morgan fingerprint density at radius 2 is 0.903 bits per heavy atom. The third-order valence-electron chi connectivity index (χ3n) is 14.9. The van der Waals surface area contributed by atoms with E-state index in [2.05, 4.69) is 26.1 Å². The molecule has 72 heavy (non-hydrogen) atoms. The summed E-state index contributed by atoms with van der Waals surface area (Å²) >= 11 is 0. The molecule has 0 aliphatic carbocycles. The van der Waals surface area contributed by atoms with E-state index in [1.165, 1.54) is 199 Å².